The van der Waals surface area contributed by atoms with Crippen LogP contribution in [0.4, 0.5) is 0 Å². The Morgan fingerprint density at radius 1 is 0.938 bits per heavy atom. The molecular formula is C15H32S. The van der Waals surface area contributed by atoms with Gasteiger partial charge in [-0.3, -0.25) is 0 Å². The highest BCUT2D eigenvalue weighted by atomic mass is 32.3. The van der Waals surface area contributed by atoms with E-state index in [1.807, 2.05) is 0 Å². The SMILES string of the molecule is CCCCS(C)(CCC)CC1CCCCC1. The molecule has 1 saturated carbocycles. The van der Waals surface area contributed by atoms with E-state index >= 15 is 0 Å². The molecule has 0 spiro atoms. The molecule has 0 amide bonds. The van der Waals surface area contributed by atoms with Crippen molar-refractivity contribution in [3.05, 3.63) is 0 Å². The number of hydrogen-bond donors (Lipinski definition) is 0. The summed E-state index contributed by atoms with van der Waals surface area (Å²) in [5.41, 5.74) is 0. The molecule has 0 N–H and O–H groups in total. The van der Waals surface area contributed by atoms with E-state index in [9.17, 15) is 0 Å². The van der Waals surface area contributed by atoms with Gasteiger partial charge in [0, 0.05) is 0 Å². The van der Waals surface area contributed by atoms with Gasteiger partial charge in [-0.15, -0.1) is 0 Å². The summed E-state index contributed by atoms with van der Waals surface area (Å²) in [7, 11) is -0.251. The van der Waals surface area contributed by atoms with Crippen molar-refractivity contribution >= 4 is 10.0 Å². The van der Waals surface area contributed by atoms with E-state index in [2.05, 4.69) is 20.1 Å². The summed E-state index contributed by atoms with van der Waals surface area (Å²) in [4.78, 5) is 0. The summed E-state index contributed by atoms with van der Waals surface area (Å²) in [6.45, 7) is 4.71. The monoisotopic (exact) mass is 244 g/mol. The highest BCUT2D eigenvalue weighted by molar-refractivity contribution is 8.33. The Morgan fingerprint density at radius 2 is 1.62 bits per heavy atom. The van der Waals surface area contributed by atoms with Crippen molar-refractivity contribution in [1.29, 1.82) is 0 Å². The van der Waals surface area contributed by atoms with E-state index in [0.29, 0.717) is 0 Å². The van der Waals surface area contributed by atoms with E-state index in [0.717, 1.165) is 5.92 Å². The second-order valence-electron chi connectivity index (χ2n) is 5.91. The first-order valence-corrected chi connectivity index (χ1v) is 9.96. The molecule has 1 aliphatic carbocycles. The van der Waals surface area contributed by atoms with Gasteiger partial charge in [0.25, 0.3) is 0 Å². The molecular weight excluding hydrogens is 212 g/mol. The fourth-order valence-corrected chi connectivity index (χ4v) is 7.16. The second kappa shape index (κ2) is 7.63. The van der Waals surface area contributed by atoms with Crippen LogP contribution in [0.25, 0.3) is 0 Å². The Morgan fingerprint density at radius 3 is 2.19 bits per heavy atom. The van der Waals surface area contributed by atoms with Crippen molar-refractivity contribution in [3.63, 3.8) is 0 Å². The van der Waals surface area contributed by atoms with Crippen LogP contribution in [0.1, 0.15) is 65.2 Å². The maximum atomic E-state index is 2.64. The minimum Gasteiger partial charge on any atom is -0.244 e. The predicted octanol–water partition coefficient (Wildman–Crippen LogP) is 5.21. The van der Waals surface area contributed by atoms with Crippen molar-refractivity contribution < 1.29 is 0 Å². The lowest BCUT2D eigenvalue weighted by Crippen LogP contribution is -2.20. The lowest BCUT2D eigenvalue weighted by Gasteiger charge is -2.40. The normalized spacial score (nSPS) is 23.9. The van der Waals surface area contributed by atoms with E-state index in [-0.39, 0.29) is 10.0 Å². The molecule has 98 valence electrons. The number of hydrogen-bond acceptors (Lipinski definition) is 0. The molecule has 16 heavy (non-hydrogen) atoms. The first-order chi connectivity index (χ1) is 7.70. The Bertz CT molecular complexity index is 172. The topological polar surface area (TPSA) is 0 Å². The van der Waals surface area contributed by atoms with Crippen LogP contribution in [0, 0.1) is 5.92 Å². The van der Waals surface area contributed by atoms with Crippen LogP contribution in [0.3, 0.4) is 0 Å². The van der Waals surface area contributed by atoms with Crippen LogP contribution >= 0.6 is 10.0 Å². The van der Waals surface area contributed by atoms with Crippen LogP contribution in [0.2, 0.25) is 0 Å². The van der Waals surface area contributed by atoms with Gasteiger partial charge in [-0.1, -0.05) is 39.5 Å². The minimum absolute atomic E-state index is 0.251. The minimum atomic E-state index is -0.251. The van der Waals surface area contributed by atoms with Crippen LogP contribution in [0.5, 0.6) is 0 Å². The third-order valence-corrected chi connectivity index (χ3v) is 7.99. The van der Waals surface area contributed by atoms with E-state index in [1.165, 1.54) is 44.3 Å². The Kier molecular flexibility index (Phi) is 6.87. The molecule has 0 aromatic carbocycles. The quantitative estimate of drug-likeness (QED) is 0.576. The zero-order valence-electron chi connectivity index (χ0n) is 11.8. The highest BCUT2D eigenvalue weighted by Gasteiger charge is 2.23. The molecule has 0 nitrogen and oxygen atoms in total. The van der Waals surface area contributed by atoms with Gasteiger partial charge < -0.3 is 0 Å². The third kappa shape index (κ3) is 5.12. The van der Waals surface area contributed by atoms with Crippen LogP contribution in [-0.2, 0) is 0 Å². The van der Waals surface area contributed by atoms with Gasteiger partial charge >= 0.3 is 0 Å². The van der Waals surface area contributed by atoms with Crippen molar-refractivity contribution in [1.82, 2.24) is 0 Å². The molecule has 1 aliphatic rings. The molecule has 1 atom stereocenters. The maximum Gasteiger partial charge on any atom is -0.0202 e. The molecule has 1 fully saturated rings. The van der Waals surface area contributed by atoms with Gasteiger partial charge in [0.05, 0.1) is 0 Å². The molecule has 0 aromatic rings. The van der Waals surface area contributed by atoms with Gasteiger partial charge in [0.2, 0.25) is 0 Å². The second-order valence-corrected chi connectivity index (χ2v) is 10.0. The van der Waals surface area contributed by atoms with Crippen LogP contribution < -0.4 is 0 Å². The van der Waals surface area contributed by atoms with Gasteiger partial charge in [-0.05, 0) is 55.1 Å². The molecule has 1 rings (SSSR count). The third-order valence-electron chi connectivity index (χ3n) is 4.05. The fraction of sp³-hybridized carbons (Fsp3) is 1.00. The molecule has 0 heterocycles. The first kappa shape index (κ1) is 14.4. The van der Waals surface area contributed by atoms with Crippen molar-refractivity contribution in [2.75, 3.05) is 23.5 Å². The standard InChI is InChI=1S/C15H32S/c1-4-6-13-16(3,12-5-2)14-15-10-8-7-9-11-15/h15H,4-14H2,1-3H3. The average Bonchev–Trinajstić information content (AvgIpc) is 2.28. The fourth-order valence-electron chi connectivity index (χ4n) is 3.18. The summed E-state index contributed by atoms with van der Waals surface area (Å²) >= 11 is 0. The highest BCUT2D eigenvalue weighted by Crippen LogP contribution is 2.49. The molecule has 0 radical (unpaired) electrons. The summed E-state index contributed by atoms with van der Waals surface area (Å²) in [6, 6.07) is 0. The average molecular weight is 244 g/mol. The Labute approximate surface area is 105 Å². The Hall–Kier alpha value is 0.350. The molecule has 0 aromatic heterocycles. The maximum absolute atomic E-state index is 2.64. The lowest BCUT2D eigenvalue weighted by atomic mass is 9.91. The zero-order chi connectivity index (χ0) is 11.9. The van der Waals surface area contributed by atoms with Crippen molar-refractivity contribution in [2.24, 2.45) is 5.92 Å². The van der Waals surface area contributed by atoms with E-state index < -0.39 is 0 Å². The van der Waals surface area contributed by atoms with Crippen LogP contribution in [0.15, 0.2) is 0 Å². The molecule has 0 saturated heterocycles. The summed E-state index contributed by atoms with van der Waals surface area (Å²) < 4.78 is 0. The van der Waals surface area contributed by atoms with Gasteiger partial charge in [0.1, 0.15) is 0 Å². The molecule has 0 bridgehead atoms. The largest absolute Gasteiger partial charge is 0.244 e. The number of unbranched alkanes of at least 4 members (excludes halogenated alkanes) is 1. The van der Waals surface area contributed by atoms with Crippen molar-refractivity contribution in [3.8, 4) is 0 Å². The molecule has 1 heteroatoms. The summed E-state index contributed by atoms with van der Waals surface area (Å²) in [5.74, 6) is 5.77. The van der Waals surface area contributed by atoms with E-state index in [1.54, 1.807) is 24.3 Å². The summed E-state index contributed by atoms with van der Waals surface area (Å²) in [5, 5.41) is 0. The molecule has 1 unspecified atom stereocenters. The number of rotatable bonds is 7. The van der Waals surface area contributed by atoms with Gasteiger partial charge in [-0.25, -0.2) is 10.0 Å². The predicted molar refractivity (Wildman–Crippen MR) is 79.9 cm³/mol. The van der Waals surface area contributed by atoms with E-state index in [4.69, 9.17) is 0 Å². The smallest absolute Gasteiger partial charge is 0.0202 e. The van der Waals surface area contributed by atoms with Crippen molar-refractivity contribution in [2.45, 2.75) is 65.2 Å². The molecule has 0 aliphatic heterocycles. The zero-order valence-corrected chi connectivity index (χ0v) is 12.6. The lowest BCUT2D eigenvalue weighted by molar-refractivity contribution is 0.389. The van der Waals surface area contributed by atoms with Gasteiger partial charge in [0.15, 0.2) is 0 Å². The van der Waals surface area contributed by atoms with Crippen LogP contribution in [-0.4, -0.2) is 23.5 Å². The van der Waals surface area contributed by atoms with Gasteiger partial charge in [-0.2, -0.15) is 0 Å². The summed E-state index contributed by atoms with van der Waals surface area (Å²) in [6.07, 6.45) is 14.5. The Balaban J connectivity index is 2.40. The first-order valence-electron chi connectivity index (χ1n) is 7.41.